The Bertz CT molecular complexity index is 813. The number of amides is 1. The first-order valence-electron chi connectivity index (χ1n) is 8.92. The van der Waals surface area contributed by atoms with E-state index < -0.39 is 11.8 Å². The molecule has 0 fully saturated rings. The van der Waals surface area contributed by atoms with Gasteiger partial charge in [0, 0.05) is 10.4 Å². The Morgan fingerprint density at radius 3 is 2.65 bits per heavy atom. The van der Waals surface area contributed by atoms with Crippen LogP contribution in [0.3, 0.4) is 0 Å². The molecule has 1 amide bonds. The van der Waals surface area contributed by atoms with Gasteiger partial charge in [-0.25, -0.2) is 9.18 Å². The van der Waals surface area contributed by atoms with Gasteiger partial charge in [-0.15, -0.1) is 11.3 Å². The molecular weight excluding hydrogens is 353 g/mol. The van der Waals surface area contributed by atoms with Crippen LogP contribution in [-0.4, -0.2) is 18.5 Å². The Morgan fingerprint density at radius 2 is 2.00 bits per heavy atom. The van der Waals surface area contributed by atoms with Crippen molar-refractivity contribution in [2.45, 2.75) is 39.5 Å². The number of anilines is 1. The third-order valence-electron chi connectivity index (χ3n) is 4.76. The van der Waals surface area contributed by atoms with Crippen LogP contribution in [0.1, 0.15) is 57.8 Å². The molecule has 0 bridgehead atoms. The zero-order valence-corrected chi connectivity index (χ0v) is 15.7. The van der Waals surface area contributed by atoms with E-state index in [-0.39, 0.29) is 12.5 Å². The van der Waals surface area contributed by atoms with E-state index in [2.05, 4.69) is 12.2 Å². The minimum Gasteiger partial charge on any atom is -0.462 e. The monoisotopic (exact) mass is 375 g/mol. The van der Waals surface area contributed by atoms with Crippen molar-refractivity contribution in [1.82, 2.24) is 0 Å². The van der Waals surface area contributed by atoms with E-state index in [1.165, 1.54) is 35.6 Å². The van der Waals surface area contributed by atoms with Gasteiger partial charge < -0.3 is 10.1 Å². The summed E-state index contributed by atoms with van der Waals surface area (Å²) < 4.78 is 18.3. The first-order chi connectivity index (χ1) is 12.5. The van der Waals surface area contributed by atoms with Crippen LogP contribution in [0.5, 0.6) is 0 Å². The first-order valence-corrected chi connectivity index (χ1v) is 9.73. The van der Waals surface area contributed by atoms with E-state index >= 15 is 0 Å². The van der Waals surface area contributed by atoms with E-state index in [1.54, 1.807) is 6.92 Å². The number of hydrogen-bond donors (Lipinski definition) is 1. The highest BCUT2D eigenvalue weighted by Crippen LogP contribution is 2.41. The summed E-state index contributed by atoms with van der Waals surface area (Å²) in [6, 6.07) is 5.34. The number of benzene rings is 1. The molecule has 26 heavy (non-hydrogen) atoms. The number of ether oxygens (including phenoxy) is 1. The normalized spacial score (nSPS) is 16.0. The zero-order valence-electron chi connectivity index (χ0n) is 14.9. The lowest BCUT2D eigenvalue weighted by Crippen LogP contribution is -2.17. The zero-order chi connectivity index (χ0) is 18.7. The van der Waals surface area contributed by atoms with Crippen LogP contribution >= 0.6 is 11.3 Å². The van der Waals surface area contributed by atoms with Crippen molar-refractivity contribution in [3.8, 4) is 0 Å². The van der Waals surface area contributed by atoms with Crippen LogP contribution in [0.25, 0.3) is 0 Å². The quantitative estimate of drug-likeness (QED) is 0.762. The molecule has 1 atom stereocenters. The molecule has 0 radical (unpaired) electrons. The van der Waals surface area contributed by atoms with Crippen molar-refractivity contribution in [2.75, 3.05) is 11.9 Å². The smallest absolute Gasteiger partial charge is 0.341 e. The Morgan fingerprint density at radius 1 is 1.27 bits per heavy atom. The number of carbonyl (C=O) groups is 2. The number of rotatable bonds is 5. The van der Waals surface area contributed by atoms with Gasteiger partial charge in [0.15, 0.2) is 0 Å². The Labute approximate surface area is 156 Å². The Balaban J connectivity index is 1.92. The van der Waals surface area contributed by atoms with Gasteiger partial charge in [0.2, 0.25) is 0 Å². The fraction of sp³-hybridized carbons (Fsp3) is 0.400. The van der Waals surface area contributed by atoms with E-state index in [4.69, 9.17) is 4.74 Å². The van der Waals surface area contributed by atoms with Crippen molar-refractivity contribution >= 4 is 28.2 Å². The highest BCUT2D eigenvalue weighted by molar-refractivity contribution is 7.17. The molecule has 0 unspecified atom stereocenters. The molecule has 1 aromatic heterocycles. The third kappa shape index (κ3) is 3.80. The second-order valence-corrected chi connectivity index (χ2v) is 7.51. The lowest BCUT2D eigenvalue weighted by molar-refractivity contribution is 0.0526. The van der Waals surface area contributed by atoms with Crippen LogP contribution in [-0.2, 0) is 17.6 Å². The lowest BCUT2D eigenvalue weighted by Gasteiger charge is -2.20. The standard InChI is InChI=1S/C20H22FNO3S/c1-3-12-5-10-15-16(11-12)26-19(17(15)20(24)25-4-2)22-18(23)13-6-8-14(21)9-7-13/h6-9,12H,3-5,10-11H2,1-2H3,(H,22,23)/t12-/m1/s1. The summed E-state index contributed by atoms with van der Waals surface area (Å²) in [6.45, 7) is 4.22. The number of fused-ring (bicyclic) bond motifs is 1. The maximum atomic E-state index is 13.1. The summed E-state index contributed by atoms with van der Waals surface area (Å²) in [5.41, 5.74) is 1.84. The van der Waals surface area contributed by atoms with E-state index in [9.17, 15) is 14.0 Å². The average molecular weight is 375 g/mol. The van der Waals surface area contributed by atoms with Crippen LogP contribution in [0, 0.1) is 11.7 Å². The van der Waals surface area contributed by atoms with Gasteiger partial charge in [0.25, 0.3) is 5.91 Å². The van der Waals surface area contributed by atoms with Crippen molar-refractivity contribution in [1.29, 1.82) is 0 Å². The molecule has 4 nitrogen and oxygen atoms in total. The van der Waals surface area contributed by atoms with E-state index in [0.29, 0.717) is 22.0 Å². The number of hydrogen-bond acceptors (Lipinski definition) is 4. The highest BCUT2D eigenvalue weighted by Gasteiger charge is 2.29. The second kappa shape index (κ2) is 7.99. The van der Waals surface area contributed by atoms with E-state index in [0.717, 1.165) is 36.1 Å². The molecule has 0 saturated heterocycles. The molecule has 1 aliphatic rings. The maximum Gasteiger partial charge on any atom is 0.341 e. The summed E-state index contributed by atoms with van der Waals surface area (Å²) in [5.74, 6) is -0.543. The number of nitrogens with one attached hydrogen (secondary N) is 1. The van der Waals surface area contributed by atoms with Gasteiger partial charge in [0.1, 0.15) is 10.8 Å². The number of esters is 1. The minimum atomic E-state index is -0.397. The Kier molecular flexibility index (Phi) is 5.71. The van der Waals surface area contributed by atoms with Crippen molar-refractivity contribution in [3.63, 3.8) is 0 Å². The van der Waals surface area contributed by atoms with Gasteiger partial charge in [0.05, 0.1) is 12.2 Å². The number of halogens is 1. The van der Waals surface area contributed by atoms with Gasteiger partial charge in [-0.05, 0) is 61.9 Å². The van der Waals surface area contributed by atoms with Gasteiger partial charge >= 0.3 is 5.97 Å². The molecule has 2 aromatic rings. The lowest BCUT2D eigenvalue weighted by atomic mass is 9.85. The van der Waals surface area contributed by atoms with Crippen LogP contribution < -0.4 is 5.32 Å². The molecule has 0 spiro atoms. The van der Waals surface area contributed by atoms with Gasteiger partial charge in [-0.2, -0.15) is 0 Å². The summed E-state index contributed by atoms with van der Waals surface area (Å²) in [5, 5.41) is 3.36. The van der Waals surface area contributed by atoms with Crippen LogP contribution in [0.2, 0.25) is 0 Å². The molecule has 1 aliphatic carbocycles. The van der Waals surface area contributed by atoms with Crippen LogP contribution in [0.15, 0.2) is 24.3 Å². The van der Waals surface area contributed by atoms with Crippen molar-refractivity contribution < 1.29 is 18.7 Å². The van der Waals surface area contributed by atoms with Gasteiger partial charge in [-0.3, -0.25) is 4.79 Å². The largest absolute Gasteiger partial charge is 0.462 e. The number of carbonyl (C=O) groups excluding carboxylic acids is 2. The predicted octanol–water partition coefficient (Wildman–Crippen LogP) is 4.83. The van der Waals surface area contributed by atoms with Crippen molar-refractivity contribution in [2.24, 2.45) is 5.92 Å². The molecule has 1 heterocycles. The molecule has 138 valence electrons. The SMILES string of the molecule is CCOC(=O)c1c(NC(=O)c2ccc(F)cc2)sc2c1CC[C@@H](CC)C2. The molecule has 1 aromatic carbocycles. The minimum absolute atomic E-state index is 0.284. The molecular formula is C20H22FNO3S. The van der Waals surface area contributed by atoms with Gasteiger partial charge in [-0.1, -0.05) is 13.3 Å². The predicted molar refractivity (Wildman–Crippen MR) is 100 cm³/mol. The fourth-order valence-corrected chi connectivity index (χ4v) is 4.63. The van der Waals surface area contributed by atoms with Crippen molar-refractivity contribution in [3.05, 3.63) is 51.7 Å². The summed E-state index contributed by atoms with van der Waals surface area (Å²) in [6.07, 6.45) is 3.89. The van der Waals surface area contributed by atoms with E-state index in [1.807, 2.05) is 0 Å². The molecule has 1 N–H and O–H groups in total. The summed E-state index contributed by atoms with van der Waals surface area (Å²) in [4.78, 5) is 26.2. The average Bonchev–Trinajstić information content (AvgIpc) is 2.99. The first kappa shape index (κ1) is 18.6. The van der Waals surface area contributed by atoms with Crippen LogP contribution in [0.4, 0.5) is 9.39 Å². The summed E-state index contributed by atoms with van der Waals surface area (Å²) >= 11 is 1.45. The molecule has 0 aliphatic heterocycles. The molecule has 0 saturated carbocycles. The summed E-state index contributed by atoms with van der Waals surface area (Å²) in [7, 11) is 0. The Hall–Kier alpha value is -2.21. The topological polar surface area (TPSA) is 55.4 Å². The third-order valence-corrected chi connectivity index (χ3v) is 5.93. The molecule has 6 heteroatoms. The number of thiophene rings is 1. The second-order valence-electron chi connectivity index (χ2n) is 6.41. The fourth-order valence-electron chi connectivity index (χ4n) is 3.29. The highest BCUT2D eigenvalue weighted by atomic mass is 32.1. The maximum absolute atomic E-state index is 13.1. The molecule has 3 rings (SSSR count).